The van der Waals surface area contributed by atoms with E-state index >= 15 is 0 Å². The highest BCUT2D eigenvalue weighted by Gasteiger charge is 2.33. The lowest BCUT2D eigenvalue weighted by Gasteiger charge is -2.32. The summed E-state index contributed by atoms with van der Waals surface area (Å²) in [4.78, 5) is 14.8. The second-order valence-corrected chi connectivity index (χ2v) is 7.95. The summed E-state index contributed by atoms with van der Waals surface area (Å²) in [6, 6.07) is 14.6. The van der Waals surface area contributed by atoms with Crippen LogP contribution in [0.5, 0.6) is 0 Å². The van der Waals surface area contributed by atoms with Gasteiger partial charge in [0.15, 0.2) is 5.78 Å². The highest BCUT2D eigenvalue weighted by atomic mass is 19.1. The quantitative estimate of drug-likeness (QED) is 0.754. The van der Waals surface area contributed by atoms with Gasteiger partial charge in [0.2, 0.25) is 0 Å². The molecule has 0 aliphatic heterocycles. The van der Waals surface area contributed by atoms with Crippen LogP contribution < -0.4 is 0 Å². The molecule has 1 N–H and O–H groups in total. The van der Waals surface area contributed by atoms with E-state index in [0.717, 1.165) is 18.5 Å². The minimum absolute atomic E-state index is 0.0641. The molecule has 3 rings (SSSR count). The van der Waals surface area contributed by atoms with Crippen LogP contribution in [-0.4, -0.2) is 36.0 Å². The molecule has 1 aliphatic rings. The van der Waals surface area contributed by atoms with E-state index in [-0.39, 0.29) is 17.5 Å². The molecule has 0 spiro atoms. The molecular weight excluding hydrogens is 353 g/mol. The van der Waals surface area contributed by atoms with Gasteiger partial charge in [-0.1, -0.05) is 42.5 Å². The topological polar surface area (TPSA) is 40.5 Å². The normalized spacial score (nSPS) is 22.7. The Kier molecular flexibility index (Phi) is 6.76. The summed E-state index contributed by atoms with van der Waals surface area (Å²) in [6.45, 7) is 0.902. The van der Waals surface area contributed by atoms with Crippen LogP contribution in [0, 0.1) is 11.7 Å². The van der Waals surface area contributed by atoms with Gasteiger partial charge in [-0.05, 0) is 74.2 Å². The van der Waals surface area contributed by atoms with E-state index in [0.29, 0.717) is 12.8 Å². The van der Waals surface area contributed by atoms with Crippen LogP contribution in [0.25, 0.3) is 6.08 Å². The molecule has 0 amide bonds. The third kappa shape index (κ3) is 5.37. The third-order valence-corrected chi connectivity index (χ3v) is 5.44. The lowest BCUT2D eigenvalue weighted by atomic mass is 9.74. The van der Waals surface area contributed by atoms with Crippen LogP contribution in [-0.2, 0) is 11.3 Å². The van der Waals surface area contributed by atoms with Gasteiger partial charge in [0.05, 0.1) is 6.10 Å². The molecule has 4 heteroatoms. The summed E-state index contributed by atoms with van der Waals surface area (Å²) in [7, 11) is 4.10. The summed E-state index contributed by atoms with van der Waals surface area (Å²) in [5.74, 6) is -0.474. The molecule has 28 heavy (non-hydrogen) atoms. The molecule has 0 heterocycles. The maximum atomic E-state index is 13.0. The summed E-state index contributed by atoms with van der Waals surface area (Å²) < 4.78 is 13.0. The van der Waals surface area contributed by atoms with Crippen molar-refractivity contribution in [3.05, 3.63) is 77.1 Å². The molecule has 0 bridgehead atoms. The van der Waals surface area contributed by atoms with Crippen molar-refractivity contribution in [3.8, 4) is 0 Å². The minimum Gasteiger partial charge on any atom is -0.392 e. The van der Waals surface area contributed by atoms with Gasteiger partial charge in [-0.3, -0.25) is 4.79 Å². The van der Waals surface area contributed by atoms with Crippen molar-refractivity contribution >= 4 is 11.9 Å². The molecule has 1 aliphatic carbocycles. The summed E-state index contributed by atoms with van der Waals surface area (Å²) in [5, 5.41) is 10.4. The van der Waals surface area contributed by atoms with Gasteiger partial charge < -0.3 is 10.0 Å². The average Bonchev–Trinajstić information content (AvgIpc) is 2.68. The van der Waals surface area contributed by atoms with Gasteiger partial charge in [-0.2, -0.15) is 0 Å². The first-order valence-corrected chi connectivity index (χ1v) is 9.81. The van der Waals surface area contributed by atoms with Crippen LogP contribution in [0.4, 0.5) is 4.39 Å². The first kappa shape index (κ1) is 20.4. The largest absolute Gasteiger partial charge is 0.392 e. The Morgan fingerprint density at radius 3 is 2.43 bits per heavy atom. The number of rotatable bonds is 6. The Morgan fingerprint density at radius 2 is 1.79 bits per heavy atom. The van der Waals surface area contributed by atoms with Crippen molar-refractivity contribution in [2.45, 2.75) is 37.8 Å². The zero-order chi connectivity index (χ0) is 20.1. The van der Waals surface area contributed by atoms with E-state index in [9.17, 15) is 14.3 Å². The second kappa shape index (κ2) is 9.26. The highest BCUT2D eigenvalue weighted by molar-refractivity contribution is 5.95. The number of benzene rings is 2. The van der Waals surface area contributed by atoms with Crippen molar-refractivity contribution in [2.24, 2.45) is 5.92 Å². The molecule has 3 nitrogen and oxygen atoms in total. The average molecular weight is 381 g/mol. The molecule has 1 fully saturated rings. The molecule has 0 radical (unpaired) electrons. The van der Waals surface area contributed by atoms with E-state index in [1.165, 1.54) is 29.3 Å². The molecule has 2 aromatic rings. The smallest absolute Gasteiger partial charge is 0.161 e. The van der Waals surface area contributed by atoms with Crippen molar-refractivity contribution in [1.82, 2.24) is 4.90 Å². The number of aliphatic hydroxyl groups excluding tert-OH is 1. The maximum Gasteiger partial charge on any atom is 0.161 e. The zero-order valence-electron chi connectivity index (χ0n) is 16.5. The van der Waals surface area contributed by atoms with Crippen molar-refractivity contribution in [2.75, 3.05) is 14.1 Å². The molecule has 3 unspecified atom stereocenters. The lowest BCUT2D eigenvalue weighted by molar-refractivity contribution is -0.123. The zero-order valence-corrected chi connectivity index (χ0v) is 16.5. The fraction of sp³-hybridized carbons (Fsp3) is 0.375. The van der Waals surface area contributed by atoms with Crippen LogP contribution >= 0.6 is 0 Å². The number of aliphatic hydroxyl groups is 1. The standard InChI is InChI=1S/C24H28FNO2/c1-26(2)16-18-3-8-19(9-4-18)20-10-14-24(28)22(15-20)23(27)13-7-17-5-11-21(25)12-6-17/h3-9,11-13,20,22,24,28H,10,14-16H2,1-2H3. The molecule has 2 aromatic carbocycles. The Morgan fingerprint density at radius 1 is 1.11 bits per heavy atom. The molecule has 0 aromatic heterocycles. The maximum absolute atomic E-state index is 13.0. The number of carbonyl (C=O) groups excluding carboxylic acids is 1. The lowest BCUT2D eigenvalue weighted by Crippen LogP contribution is -2.33. The number of nitrogens with zero attached hydrogens (tertiary/aromatic N) is 1. The predicted molar refractivity (Wildman–Crippen MR) is 110 cm³/mol. The molecule has 1 saturated carbocycles. The Labute approximate surface area is 166 Å². The first-order valence-electron chi connectivity index (χ1n) is 9.81. The fourth-order valence-electron chi connectivity index (χ4n) is 3.90. The Hall–Kier alpha value is -2.30. The number of carbonyl (C=O) groups is 1. The van der Waals surface area contributed by atoms with Crippen LogP contribution in [0.3, 0.4) is 0 Å². The summed E-state index contributed by atoms with van der Waals surface area (Å²) in [5.41, 5.74) is 3.27. The predicted octanol–water partition coefficient (Wildman–Crippen LogP) is 4.41. The van der Waals surface area contributed by atoms with Gasteiger partial charge >= 0.3 is 0 Å². The number of halogens is 1. The van der Waals surface area contributed by atoms with Gasteiger partial charge in [-0.15, -0.1) is 0 Å². The Balaban J connectivity index is 1.66. The monoisotopic (exact) mass is 381 g/mol. The van der Waals surface area contributed by atoms with E-state index in [1.54, 1.807) is 18.2 Å². The molecule has 3 atom stereocenters. The summed E-state index contributed by atoms with van der Waals surface area (Å²) in [6.07, 6.45) is 4.78. The number of ketones is 1. The molecule has 148 valence electrons. The molecule has 0 saturated heterocycles. The van der Waals surface area contributed by atoms with Crippen LogP contribution in [0.2, 0.25) is 0 Å². The van der Waals surface area contributed by atoms with Gasteiger partial charge in [0.1, 0.15) is 5.82 Å². The van der Waals surface area contributed by atoms with Crippen molar-refractivity contribution in [1.29, 1.82) is 0 Å². The Bertz CT molecular complexity index is 812. The van der Waals surface area contributed by atoms with Gasteiger partial charge in [0, 0.05) is 12.5 Å². The number of allylic oxidation sites excluding steroid dienone is 1. The minimum atomic E-state index is -0.602. The second-order valence-electron chi connectivity index (χ2n) is 7.95. The van der Waals surface area contributed by atoms with Gasteiger partial charge in [-0.25, -0.2) is 4.39 Å². The van der Waals surface area contributed by atoms with E-state index in [4.69, 9.17) is 0 Å². The van der Waals surface area contributed by atoms with E-state index in [2.05, 4.69) is 29.2 Å². The highest BCUT2D eigenvalue weighted by Crippen LogP contribution is 2.37. The SMILES string of the molecule is CN(C)Cc1ccc(C2CCC(O)C(C(=O)C=Cc3ccc(F)cc3)C2)cc1. The molecular formula is C24H28FNO2. The fourth-order valence-corrected chi connectivity index (χ4v) is 3.90. The van der Waals surface area contributed by atoms with Crippen molar-refractivity contribution < 1.29 is 14.3 Å². The third-order valence-electron chi connectivity index (χ3n) is 5.44. The summed E-state index contributed by atoms with van der Waals surface area (Å²) >= 11 is 0. The number of hydrogen-bond acceptors (Lipinski definition) is 3. The number of hydrogen-bond donors (Lipinski definition) is 1. The van der Waals surface area contributed by atoms with Crippen LogP contribution in [0.15, 0.2) is 54.6 Å². The van der Waals surface area contributed by atoms with E-state index < -0.39 is 12.0 Å². The van der Waals surface area contributed by atoms with E-state index in [1.807, 2.05) is 14.1 Å². The van der Waals surface area contributed by atoms with Crippen LogP contribution in [0.1, 0.15) is 41.9 Å². The van der Waals surface area contributed by atoms with Gasteiger partial charge in [0.25, 0.3) is 0 Å². The first-order chi connectivity index (χ1) is 13.4. The van der Waals surface area contributed by atoms with Crippen molar-refractivity contribution in [3.63, 3.8) is 0 Å².